The largest absolute Gasteiger partial charge is 0.486 e. The van der Waals surface area contributed by atoms with Crippen LogP contribution in [0.25, 0.3) is 0 Å². The number of alkyl halides is 3. The first kappa shape index (κ1) is 25.9. The number of aryl methyl sites for hydroxylation is 1. The molecule has 0 spiro atoms. The zero-order valence-electron chi connectivity index (χ0n) is 18.9. The van der Waals surface area contributed by atoms with Crippen LogP contribution in [0.1, 0.15) is 35.3 Å². The van der Waals surface area contributed by atoms with Crippen LogP contribution in [-0.2, 0) is 28.4 Å². The smallest absolute Gasteiger partial charge is 0.400 e. The van der Waals surface area contributed by atoms with Crippen LogP contribution in [0.3, 0.4) is 0 Å². The van der Waals surface area contributed by atoms with E-state index in [-0.39, 0.29) is 0 Å². The Labute approximate surface area is 202 Å². The average Bonchev–Trinajstić information content (AvgIpc) is 2.81. The van der Waals surface area contributed by atoms with Gasteiger partial charge in [0.05, 0.1) is 10.8 Å². The number of ether oxygens (including phenoxy) is 3. The fourth-order valence-electron chi connectivity index (χ4n) is 4.33. The number of aliphatic hydroxyl groups excluding tert-OH is 3. The molecule has 192 valence electrons. The van der Waals surface area contributed by atoms with Crippen LogP contribution in [0.2, 0.25) is 0 Å². The number of hydrogen-bond acceptors (Lipinski definition) is 7. The normalized spacial score (nSPS) is 27.5. The molecule has 0 aromatic heterocycles. The third-order valence-corrected chi connectivity index (χ3v) is 7.60. The van der Waals surface area contributed by atoms with Gasteiger partial charge in [-0.05, 0) is 47.2 Å². The fourth-order valence-corrected chi connectivity index (χ4v) is 5.54. The monoisotopic (exact) mass is 516 g/mol. The summed E-state index contributed by atoms with van der Waals surface area (Å²) < 4.78 is 67.3. The molecule has 0 amide bonds. The average molecular weight is 517 g/mol. The predicted molar refractivity (Wildman–Crippen MR) is 121 cm³/mol. The molecule has 0 radical (unpaired) electrons. The second kappa shape index (κ2) is 10.4. The number of aliphatic hydroxyl groups is 3. The van der Waals surface area contributed by atoms with E-state index in [0.717, 1.165) is 16.7 Å². The lowest BCUT2D eigenvalue weighted by atomic mass is 9.90. The highest BCUT2D eigenvalue weighted by Gasteiger charge is 2.48. The zero-order valence-corrected chi connectivity index (χ0v) is 19.7. The molecule has 6 atom stereocenters. The van der Waals surface area contributed by atoms with Gasteiger partial charge in [-0.2, -0.15) is 13.2 Å². The number of rotatable bonds is 6. The van der Waals surface area contributed by atoms with E-state index in [1.807, 2.05) is 31.2 Å². The molecule has 1 saturated heterocycles. The first-order chi connectivity index (χ1) is 16.6. The van der Waals surface area contributed by atoms with Gasteiger partial charge in [0, 0.05) is 0 Å². The molecule has 2 aliphatic heterocycles. The number of hydrogen-bond donors (Lipinski definition) is 3. The van der Waals surface area contributed by atoms with E-state index >= 15 is 0 Å². The van der Waals surface area contributed by atoms with E-state index in [9.17, 15) is 32.7 Å². The predicted octanol–water partition coefficient (Wildman–Crippen LogP) is 2.40. The molecule has 0 aliphatic carbocycles. The van der Waals surface area contributed by atoms with Crippen molar-refractivity contribution in [2.75, 3.05) is 19.0 Å². The van der Waals surface area contributed by atoms with Gasteiger partial charge in [0.2, 0.25) is 0 Å². The SMILES string of the molecule is CCc1ccc([C@@H]2OC(S(=O)CC(F)(F)F)[C@@H](O)[C@H](O)[C@H]2O)cc1Cc1ccc2c(c1)OCCO2. The molecule has 2 heterocycles. The molecule has 3 N–H and O–H groups in total. The molecule has 1 fully saturated rings. The van der Waals surface area contributed by atoms with E-state index < -0.39 is 52.6 Å². The van der Waals surface area contributed by atoms with Gasteiger partial charge in [0.1, 0.15) is 43.4 Å². The van der Waals surface area contributed by atoms with Crippen molar-refractivity contribution in [3.05, 3.63) is 58.7 Å². The molecule has 11 heteroatoms. The summed E-state index contributed by atoms with van der Waals surface area (Å²) in [4.78, 5) is 0. The third kappa shape index (κ3) is 5.80. The van der Waals surface area contributed by atoms with Gasteiger partial charge in [-0.25, -0.2) is 0 Å². The van der Waals surface area contributed by atoms with E-state index in [2.05, 4.69) is 0 Å². The third-order valence-electron chi connectivity index (χ3n) is 6.08. The van der Waals surface area contributed by atoms with Gasteiger partial charge in [-0.3, -0.25) is 4.21 Å². The Bertz CT molecular complexity index is 1080. The first-order valence-corrected chi connectivity index (χ1v) is 12.6. The maximum atomic E-state index is 12.8. The molecule has 35 heavy (non-hydrogen) atoms. The minimum atomic E-state index is -4.75. The van der Waals surface area contributed by atoms with Gasteiger partial charge >= 0.3 is 6.18 Å². The van der Waals surface area contributed by atoms with E-state index in [1.54, 1.807) is 12.1 Å². The Morgan fingerprint density at radius 2 is 1.66 bits per heavy atom. The fraction of sp³-hybridized carbons (Fsp3) is 0.500. The quantitative estimate of drug-likeness (QED) is 0.542. The second-order valence-corrected chi connectivity index (χ2v) is 10.1. The Morgan fingerprint density at radius 1 is 0.943 bits per heavy atom. The Kier molecular flexibility index (Phi) is 7.72. The van der Waals surface area contributed by atoms with Crippen molar-refractivity contribution in [2.24, 2.45) is 0 Å². The maximum absolute atomic E-state index is 12.8. The van der Waals surface area contributed by atoms with Gasteiger partial charge in [-0.1, -0.05) is 31.2 Å². The molecule has 2 unspecified atom stereocenters. The highest BCUT2D eigenvalue weighted by Crippen LogP contribution is 2.36. The lowest BCUT2D eigenvalue weighted by Gasteiger charge is -2.40. The molecule has 7 nitrogen and oxygen atoms in total. The summed E-state index contributed by atoms with van der Waals surface area (Å²) in [5.74, 6) is -0.399. The standard InChI is InChI=1S/C24H27F3O7S/c1-2-14-4-5-15(11-16(14)9-13-3-6-17-18(10-13)33-8-7-32-17)22-20(29)19(28)21(30)23(34-22)35(31)12-24(25,26)27/h3-6,10-11,19-23,28-30H,2,7-9,12H2,1H3/t19-,20-,21+,22+,23?,35?/m1/s1. The molecule has 2 aromatic rings. The van der Waals surface area contributed by atoms with Crippen molar-refractivity contribution in [3.63, 3.8) is 0 Å². The topological polar surface area (TPSA) is 105 Å². The van der Waals surface area contributed by atoms with Crippen LogP contribution < -0.4 is 9.47 Å². The van der Waals surface area contributed by atoms with Crippen molar-refractivity contribution < 1.29 is 46.9 Å². The van der Waals surface area contributed by atoms with Crippen LogP contribution in [0, 0.1) is 0 Å². The minimum Gasteiger partial charge on any atom is -0.486 e. The number of halogens is 3. The Balaban J connectivity index is 1.61. The van der Waals surface area contributed by atoms with Crippen LogP contribution in [0.15, 0.2) is 36.4 Å². The van der Waals surface area contributed by atoms with Gasteiger partial charge in [-0.15, -0.1) is 0 Å². The zero-order chi connectivity index (χ0) is 25.3. The van der Waals surface area contributed by atoms with Crippen LogP contribution in [0.5, 0.6) is 11.5 Å². The molecule has 2 aliphatic rings. The summed E-state index contributed by atoms with van der Waals surface area (Å²) in [6, 6.07) is 10.8. The minimum absolute atomic E-state index is 0.391. The van der Waals surface area contributed by atoms with Crippen molar-refractivity contribution in [3.8, 4) is 11.5 Å². The number of fused-ring (bicyclic) bond motifs is 1. The lowest BCUT2D eigenvalue weighted by Crippen LogP contribution is -2.56. The summed E-state index contributed by atoms with van der Waals surface area (Å²) in [5, 5.41) is 31.0. The molecule has 2 aromatic carbocycles. The van der Waals surface area contributed by atoms with Crippen LogP contribution in [0.4, 0.5) is 13.2 Å². The molecule has 0 bridgehead atoms. The molecular formula is C24H27F3O7S. The van der Waals surface area contributed by atoms with Gasteiger partial charge in [0.25, 0.3) is 0 Å². The number of benzene rings is 2. The van der Waals surface area contributed by atoms with E-state index in [4.69, 9.17) is 14.2 Å². The van der Waals surface area contributed by atoms with Crippen molar-refractivity contribution in [1.29, 1.82) is 0 Å². The van der Waals surface area contributed by atoms with Gasteiger partial charge in [0.15, 0.2) is 16.9 Å². The summed E-state index contributed by atoms with van der Waals surface area (Å²) in [7, 11) is -2.67. The van der Waals surface area contributed by atoms with Crippen molar-refractivity contribution in [1.82, 2.24) is 0 Å². The van der Waals surface area contributed by atoms with Crippen molar-refractivity contribution in [2.45, 2.75) is 55.8 Å². The van der Waals surface area contributed by atoms with Crippen LogP contribution >= 0.6 is 0 Å². The lowest BCUT2D eigenvalue weighted by molar-refractivity contribution is -0.201. The summed E-state index contributed by atoms with van der Waals surface area (Å²) in [5.41, 5.74) is 1.40. The van der Waals surface area contributed by atoms with Crippen molar-refractivity contribution >= 4 is 10.8 Å². The second-order valence-electron chi connectivity index (χ2n) is 8.57. The van der Waals surface area contributed by atoms with Crippen LogP contribution in [-0.4, -0.2) is 68.4 Å². The highest BCUT2D eigenvalue weighted by atomic mass is 32.2. The Morgan fingerprint density at radius 3 is 2.34 bits per heavy atom. The summed E-state index contributed by atoms with van der Waals surface area (Å²) in [6.07, 6.45) is -10.2. The molecular weight excluding hydrogens is 489 g/mol. The first-order valence-electron chi connectivity index (χ1n) is 11.2. The summed E-state index contributed by atoms with van der Waals surface area (Å²) in [6.45, 7) is 2.91. The highest BCUT2D eigenvalue weighted by molar-refractivity contribution is 7.85. The van der Waals surface area contributed by atoms with E-state index in [1.165, 1.54) is 0 Å². The summed E-state index contributed by atoms with van der Waals surface area (Å²) >= 11 is 0. The molecule has 4 rings (SSSR count). The van der Waals surface area contributed by atoms with E-state index in [0.29, 0.717) is 43.1 Å². The molecule has 0 saturated carbocycles. The van der Waals surface area contributed by atoms with Gasteiger partial charge < -0.3 is 29.5 Å². The maximum Gasteiger partial charge on any atom is 0.400 e. The Hall–Kier alpha value is -2.18.